The fourth-order valence-electron chi connectivity index (χ4n) is 2.01. The summed E-state index contributed by atoms with van der Waals surface area (Å²) in [6.45, 7) is 4.29. The van der Waals surface area contributed by atoms with Crippen LogP contribution < -0.4 is 10.2 Å². The summed E-state index contributed by atoms with van der Waals surface area (Å²) in [6, 6.07) is 6.91. The molecule has 0 bridgehead atoms. The van der Waals surface area contributed by atoms with Crippen LogP contribution in [0.3, 0.4) is 0 Å². The van der Waals surface area contributed by atoms with Gasteiger partial charge >= 0.3 is 0 Å². The lowest BCUT2D eigenvalue weighted by Crippen LogP contribution is -2.29. The van der Waals surface area contributed by atoms with Gasteiger partial charge in [-0.15, -0.1) is 11.3 Å². The van der Waals surface area contributed by atoms with Crippen molar-refractivity contribution in [1.82, 2.24) is 4.98 Å². The van der Waals surface area contributed by atoms with Crippen LogP contribution in [0.2, 0.25) is 5.02 Å². The average Bonchev–Trinajstić information content (AvgIpc) is 2.98. The van der Waals surface area contributed by atoms with E-state index in [2.05, 4.69) is 10.3 Å². The van der Waals surface area contributed by atoms with Gasteiger partial charge in [-0.2, -0.15) is 0 Å². The smallest absolute Gasteiger partial charge is 0.230 e. The van der Waals surface area contributed by atoms with Crippen LogP contribution in [0.25, 0.3) is 0 Å². The second kappa shape index (κ2) is 8.08. The molecule has 0 saturated heterocycles. The molecule has 1 N–H and O–H groups in total. The molecule has 1 aromatic heterocycles. The summed E-state index contributed by atoms with van der Waals surface area (Å²) in [4.78, 5) is 29.9. The maximum Gasteiger partial charge on any atom is 0.230 e. The Balaban J connectivity index is 1.99. The topological polar surface area (TPSA) is 62.3 Å². The van der Waals surface area contributed by atoms with Crippen molar-refractivity contribution in [1.29, 1.82) is 0 Å². The Morgan fingerprint density at radius 3 is 2.57 bits per heavy atom. The highest BCUT2D eigenvalue weighted by Gasteiger charge is 2.16. The van der Waals surface area contributed by atoms with Crippen molar-refractivity contribution in [2.24, 2.45) is 0 Å². The maximum atomic E-state index is 12.0. The SMILES string of the molecule is CCC(=O)N(CC)c1nc(CC(=O)Nc2ccc(Cl)cc2)cs1. The van der Waals surface area contributed by atoms with E-state index < -0.39 is 0 Å². The molecule has 5 nitrogen and oxygen atoms in total. The Labute approximate surface area is 144 Å². The van der Waals surface area contributed by atoms with E-state index in [1.165, 1.54) is 11.3 Å². The molecule has 0 saturated carbocycles. The van der Waals surface area contributed by atoms with Crippen molar-refractivity contribution in [3.63, 3.8) is 0 Å². The number of thiazole rings is 1. The normalized spacial score (nSPS) is 10.4. The first-order valence-corrected chi connectivity index (χ1v) is 8.59. The number of anilines is 2. The van der Waals surface area contributed by atoms with Gasteiger partial charge in [-0.1, -0.05) is 18.5 Å². The van der Waals surface area contributed by atoms with E-state index in [-0.39, 0.29) is 18.2 Å². The molecule has 0 aliphatic rings. The first-order chi connectivity index (χ1) is 11.0. The second-order valence-electron chi connectivity index (χ2n) is 4.84. The van der Waals surface area contributed by atoms with E-state index in [9.17, 15) is 9.59 Å². The monoisotopic (exact) mass is 351 g/mol. The predicted molar refractivity (Wildman–Crippen MR) is 94.2 cm³/mol. The number of benzene rings is 1. The number of rotatable bonds is 6. The molecule has 0 aliphatic heterocycles. The fraction of sp³-hybridized carbons (Fsp3) is 0.312. The highest BCUT2D eigenvalue weighted by Crippen LogP contribution is 2.22. The van der Waals surface area contributed by atoms with Crippen molar-refractivity contribution in [3.8, 4) is 0 Å². The minimum Gasteiger partial charge on any atom is -0.326 e. The van der Waals surface area contributed by atoms with Crippen molar-refractivity contribution in [3.05, 3.63) is 40.4 Å². The van der Waals surface area contributed by atoms with Crippen LogP contribution in [0.15, 0.2) is 29.6 Å². The predicted octanol–water partition coefficient (Wildman–Crippen LogP) is 3.74. The number of hydrogen-bond donors (Lipinski definition) is 1. The Morgan fingerprint density at radius 1 is 1.26 bits per heavy atom. The van der Waals surface area contributed by atoms with Gasteiger partial charge in [-0.25, -0.2) is 4.98 Å². The summed E-state index contributed by atoms with van der Waals surface area (Å²) < 4.78 is 0. The van der Waals surface area contributed by atoms with Gasteiger partial charge in [0.2, 0.25) is 11.8 Å². The van der Waals surface area contributed by atoms with E-state index in [1.54, 1.807) is 29.2 Å². The first-order valence-electron chi connectivity index (χ1n) is 7.33. The van der Waals surface area contributed by atoms with E-state index in [1.807, 2.05) is 19.2 Å². The lowest BCUT2D eigenvalue weighted by Gasteiger charge is -2.16. The summed E-state index contributed by atoms with van der Waals surface area (Å²) >= 11 is 7.18. The van der Waals surface area contributed by atoms with Gasteiger partial charge in [0.05, 0.1) is 12.1 Å². The zero-order valence-electron chi connectivity index (χ0n) is 13.0. The summed E-state index contributed by atoms with van der Waals surface area (Å²) in [5.74, 6) is -0.131. The summed E-state index contributed by atoms with van der Waals surface area (Å²) in [6.07, 6.45) is 0.594. The van der Waals surface area contributed by atoms with Crippen LogP contribution in [0.1, 0.15) is 26.0 Å². The van der Waals surface area contributed by atoms with E-state index in [4.69, 9.17) is 11.6 Å². The number of carbonyl (C=O) groups excluding carboxylic acids is 2. The molecule has 0 spiro atoms. The third-order valence-corrected chi connectivity index (χ3v) is 4.32. The van der Waals surface area contributed by atoms with E-state index >= 15 is 0 Å². The number of halogens is 1. The fourth-order valence-corrected chi connectivity index (χ4v) is 3.05. The lowest BCUT2D eigenvalue weighted by atomic mass is 10.3. The average molecular weight is 352 g/mol. The maximum absolute atomic E-state index is 12.0. The zero-order valence-corrected chi connectivity index (χ0v) is 14.6. The van der Waals surface area contributed by atoms with Crippen molar-refractivity contribution >= 4 is 45.6 Å². The van der Waals surface area contributed by atoms with Gasteiger partial charge in [0.25, 0.3) is 0 Å². The minimum absolute atomic E-state index is 0.0269. The molecule has 2 aromatic rings. The van der Waals surface area contributed by atoms with Gasteiger partial charge in [-0.05, 0) is 31.2 Å². The van der Waals surface area contributed by atoms with Crippen LogP contribution in [-0.2, 0) is 16.0 Å². The van der Waals surface area contributed by atoms with Crippen LogP contribution in [0.4, 0.5) is 10.8 Å². The molecule has 1 aromatic carbocycles. The summed E-state index contributed by atoms with van der Waals surface area (Å²) in [5, 5.41) is 5.85. The number of hydrogen-bond acceptors (Lipinski definition) is 4. The molecule has 0 atom stereocenters. The molecular weight excluding hydrogens is 334 g/mol. The molecule has 2 amide bonds. The van der Waals surface area contributed by atoms with Gasteiger partial charge in [-0.3, -0.25) is 14.5 Å². The van der Waals surface area contributed by atoms with Gasteiger partial charge in [0, 0.05) is 29.1 Å². The number of aromatic nitrogens is 1. The minimum atomic E-state index is -0.158. The Hall–Kier alpha value is -1.92. The second-order valence-corrected chi connectivity index (χ2v) is 6.12. The van der Waals surface area contributed by atoms with E-state index in [0.717, 1.165) is 0 Å². The molecule has 7 heteroatoms. The summed E-state index contributed by atoms with van der Waals surface area (Å²) in [7, 11) is 0. The molecule has 0 fully saturated rings. The van der Waals surface area contributed by atoms with Crippen molar-refractivity contribution in [2.45, 2.75) is 26.7 Å². The standard InChI is InChI=1S/C16H18ClN3O2S/c1-3-15(22)20(4-2)16-19-13(10-23-16)9-14(21)18-12-7-5-11(17)6-8-12/h5-8,10H,3-4,9H2,1-2H3,(H,18,21). The van der Waals surface area contributed by atoms with Crippen LogP contribution in [0, 0.1) is 0 Å². The first kappa shape index (κ1) is 17.4. The Bertz CT molecular complexity index is 685. The molecule has 23 heavy (non-hydrogen) atoms. The molecule has 2 rings (SSSR count). The Kier molecular flexibility index (Phi) is 6.12. The molecule has 0 radical (unpaired) electrons. The molecular formula is C16H18ClN3O2S. The lowest BCUT2D eigenvalue weighted by molar-refractivity contribution is -0.118. The van der Waals surface area contributed by atoms with E-state index in [0.29, 0.717) is 34.5 Å². The van der Waals surface area contributed by atoms with Gasteiger partial charge in [0.15, 0.2) is 5.13 Å². The number of amides is 2. The van der Waals surface area contributed by atoms with Crippen LogP contribution in [-0.4, -0.2) is 23.3 Å². The number of nitrogens with zero attached hydrogens (tertiary/aromatic N) is 2. The third kappa shape index (κ3) is 4.77. The van der Waals surface area contributed by atoms with Crippen LogP contribution in [0.5, 0.6) is 0 Å². The molecule has 0 aliphatic carbocycles. The number of nitrogens with one attached hydrogen (secondary N) is 1. The van der Waals surface area contributed by atoms with Gasteiger partial charge < -0.3 is 5.32 Å². The number of carbonyl (C=O) groups is 2. The Morgan fingerprint density at radius 2 is 1.96 bits per heavy atom. The third-order valence-electron chi connectivity index (χ3n) is 3.16. The van der Waals surface area contributed by atoms with Gasteiger partial charge in [0.1, 0.15) is 0 Å². The highest BCUT2D eigenvalue weighted by atomic mass is 35.5. The van der Waals surface area contributed by atoms with Crippen LogP contribution >= 0.6 is 22.9 Å². The molecule has 1 heterocycles. The molecule has 122 valence electrons. The summed E-state index contributed by atoms with van der Waals surface area (Å²) in [5.41, 5.74) is 1.34. The van der Waals surface area contributed by atoms with Crippen molar-refractivity contribution in [2.75, 3.05) is 16.8 Å². The highest BCUT2D eigenvalue weighted by molar-refractivity contribution is 7.14. The largest absolute Gasteiger partial charge is 0.326 e. The quantitative estimate of drug-likeness (QED) is 0.862. The molecule has 0 unspecified atom stereocenters. The zero-order chi connectivity index (χ0) is 16.8. The van der Waals surface area contributed by atoms with Crippen molar-refractivity contribution < 1.29 is 9.59 Å².